The summed E-state index contributed by atoms with van der Waals surface area (Å²) in [6, 6.07) is 44.5. The van der Waals surface area contributed by atoms with Crippen molar-refractivity contribution in [2.24, 2.45) is 0 Å². The first kappa shape index (κ1) is 38.8. The van der Waals surface area contributed by atoms with Crippen molar-refractivity contribution < 1.29 is 0 Å². The Morgan fingerprint density at radius 3 is 0.828 bits per heavy atom. The van der Waals surface area contributed by atoms with E-state index < -0.39 is 0 Å². The van der Waals surface area contributed by atoms with E-state index in [0.717, 1.165) is 44.6 Å². The minimum Gasteiger partial charge on any atom is -0.309 e. The molecule has 8 aromatic rings. The van der Waals surface area contributed by atoms with Crippen molar-refractivity contribution in [3.8, 4) is 34.6 Å². The van der Waals surface area contributed by atoms with Crippen LogP contribution in [0.3, 0.4) is 0 Å². The molecule has 290 valence electrons. The van der Waals surface area contributed by atoms with Gasteiger partial charge >= 0.3 is 0 Å². The third-order valence-corrected chi connectivity index (χ3v) is 12.1. The molecule has 0 atom stereocenters. The highest BCUT2D eigenvalue weighted by Crippen LogP contribution is 2.41. The first-order valence-electron chi connectivity index (χ1n) is 20.5. The van der Waals surface area contributed by atoms with Crippen molar-refractivity contribution in [2.45, 2.75) is 105 Å². The maximum absolute atomic E-state index is 10.7. The van der Waals surface area contributed by atoms with Gasteiger partial charge in [-0.15, -0.1) is 0 Å². The lowest BCUT2D eigenvalue weighted by Crippen LogP contribution is -2.11. The molecule has 0 spiro atoms. The number of nitriles is 2. The molecule has 4 heteroatoms. The molecule has 0 saturated heterocycles. The monoisotopic (exact) mass is 758 g/mol. The Morgan fingerprint density at radius 1 is 0.345 bits per heavy atom. The lowest BCUT2D eigenvalue weighted by atomic mass is 9.86. The summed E-state index contributed by atoms with van der Waals surface area (Å²) >= 11 is 0. The second kappa shape index (κ2) is 13.2. The highest BCUT2D eigenvalue weighted by atomic mass is 15.0. The Morgan fingerprint density at radius 2 is 0.603 bits per heavy atom. The average molecular weight is 759 g/mol. The van der Waals surface area contributed by atoms with Crippen LogP contribution >= 0.6 is 0 Å². The van der Waals surface area contributed by atoms with Gasteiger partial charge in [-0.05, 0) is 105 Å². The van der Waals surface area contributed by atoms with Crippen LogP contribution in [-0.4, -0.2) is 9.13 Å². The van der Waals surface area contributed by atoms with Crippen LogP contribution in [-0.2, 0) is 21.7 Å². The van der Waals surface area contributed by atoms with E-state index in [2.05, 4.69) is 201 Å². The molecule has 0 N–H and O–H groups in total. The van der Waals surface area contributed by atoms with E-state index in [-0.39, 0.29) is 21.7 Å². The first-order chi connectivity index (χ1) is 27.2. The third-order valence-electron chi connectivity index (χ3n) is 12.1. The summed E-state index contributed by atoms with van der Waals surface area (Å²) in [7, 11) is 0. The molecule has 4 nitrogen and oxygen atoms in total. The number of hydrogen-bond donors (Lipinski definition) is 0. The molecule has 0 saturated carbocycles. The van der Waals surface area contributed by atoms with Crippen LogP contribution in [0.25, 0.3) is 66.1 Å². The molecular weight excluding hydrogens is 705 g/mol. The van der Waals surface area contributed by atoms with Crippen LogP contribution in [0.2, 0.25) is 0 Å². The van der Waals surface area contributed by atoms with Gasteiger partial charge < -0.3 is 9.13 Å². The maximum Gasteiger partial charge on any atom is 0.0998 e. The predicted octanol–water partition coefficient (Wildman–Crippen LogP) is 14.5. The van der Waals surface area contributed by atoms with Crippen molar-refractivity contribution >= 4 is 43.6 Å². The summed E-state index contributed by atoms with van der Waals surface area (Å²) in [6.07, 6.45) is 0. The van der Waals surface area contributed by atoms with Crippen LogP contribution in [0.1, 0.15) is 116 Å². The second-order valence-corrected chi connectivity index (χ2v) is 20.3. The minimum absolute atomic E-state index is 0.0435. The van der Waals surface area contributed by atoms with Crippen molar-refractivity contribution in [3.05, 3.63) is 143 Å². The molecule has 0 bridgehead atoms. The Bertz CT molecular complexity index is 2700. The molecule has 58 heavy (non-hydrogen) atoms. The van der Waals surface area contributed by atoms with E-state index >= 15 is 0 Å². The fourth-order valence-corrected chi connectivity index (χ4v) is 8.44. The van der Waals surface area contributed by atoms with Crippen molar-refractivity contribution in [2.75, 3.05) is 0 Å². The normalized spacial score (nSPS) is 12.8. The second-order valence-electron chi connectivity index (χ2n) is 20.3. The Labute approximate surface area is 344 Å². The quantitative estimate of drug-likeness (QED) is 0.180. The van der Waals surface area contributed by atoms with Gasteiger partial charge in [-0.1, -0.05) is 132 Å². The lowest BCUT2D eigenvalue weighted by Gasteiger charge is -2.21. The van der Waals surface area contributed by atoms with E-state index in [0.29, 0.717) is 11.1 Å². The zero-order valence-corrected chi connectivity index (χ0v) is 36.2. The zero-order valence-electron chi connectivity index (χ0n) is 36.2. The minimum atomic E-state index is -0.0435. The molecule has 0 fully saturated rings. The van der Waals surface area contributed by atoms with Gasteiger partial charge in [-0.25, -0.2) is 0 Å². The van der Waals surface area contributed by atoms with Crippen LogP contribution < -0.4 is 0 Å². The summed E-state index contributed by atoms with van der Waals surface area (Å²) in [4.78, 5) is 0. The van der Waals surface area contributed by atoms with E-state index in [4.69, 9.17) is 0 Å². The Hall–Kier alpha value is -6.10. The summed E-state index contributed by atoms with van der Waals surface area (Å²) in [5.74, 6) is 0. The summed E-state index contributed by atoms with van der Waals surface area (Å²) in [6.45, 7) is 27.0. The fourth-order valence-electron chi connectivity index (χ4n) is 8.44. The number of rotatable bonds is 3. The number of nitrogens with zero attached hydrogens (tertiary/aromatic N) is 4. The van der Waals surface area contributed by atoms with E-state index in [1.807, 2.05) is 12.1 Å². The van der Waals surface area contributed by atoms with Gasteiger partial charge in [0.05, 0.1) is 45.3 Å². The lowest BCUT2D eigenvalue weighted by molar-refractivity contribution is 0.590. The first-order valence-corrected chi connectivity index (χ1v) is 20.5. The molecule has 8 rings (SSSR count). The molecule has 0 radical (unpaired) electrons. The molecule has 0 unspecified atom stereocenters. The van der Waals surface area contributed by atoms with Crippen LogP contribution in [0.15, 0.2) is 109 Å². The van der Waals surface area contributed by atoms with Crippen molar-refractivity contribution in [1.82, 2.24) is 9.13 Å². The van der Waals surface area contributed by atoms with Crippen molar-refractivity contribution in [1.29, 1.82) is 10.5 Å². The van der Waals surface area contributed by atoms with Crippen LogP contribution in [0.4, 0.5) is 0 Å². The SMILES string of the molecule is CC(C)(C)c1ccc2c3ccc(C(C)(C)C)cc3n(-c3ccc(C#N)c(-c4cc(-n5c6cc(C(C)(C)C)ccc6c6ccc(C(C)(C)C)cc65)ccc4C#N)c3)c2c1. The van der Waals surface area contributed by atoms with Gasteiger partial charge in [0.2, 0.25) is 0 Å². The van der Waals surface area contributed by atoms with Gasteiger partial charge in [0.25, 0.3) is 0 Å². The molecular formula is C54H54N4. The number of benzene rings is 6. The Kier molecular flexibility index (Phi) is 8.84. The third kappa shape index (κ3) is 6.46. The van der Waals surface area contributed by atoms with Gasteiger partial charge in [0, 0.05) is 44.0 Å². The molecule has 0 amide bonds. The van der Waals surface area contributed by atoms with Crippen LogP contribution in [0.5, 0.6) is 0 Å². The Balaban J connectivity index is 1.43. The number of hydrogen-bond acceptors (Lipinski definition) is 2. The largest absolute Gasteiger partial charge is 0.309 e. The van der Waals surface area contributed by atoms with E-state index in [1.165, 1.54) is 43.8 Å². The molecule has 0 aliphatic carbocycles. The van der Waals surface area contributed by atoms with Gasteiger partial charge in [0.15, 0.2) is 0 Å². The summed E-state index contributed by atoms with van der Waals surface area (Å²) in [5, 5.41) is 26.1. The van der Waals surface area contributed by atoms with E-state index in [1.54, 1.807) is 0 Å². The number of fused-ring (bicyclic) bond motifs is 6. The molecule has 0 aliphatic heterocycles. The topological polar surface area (TPSA) is 57.4 Å². The highest BCUT2D eigenvalue weighted by molar-refractivity contribution is 6.11. The summed E-state index contributed by atoms with van der Waals surface area (Å²) in [5.41, 5.74) is 13.7. The molecule has 6 aromatic carbocycles. The molecule has 2 heterocycles. The van der Waals surface area contributed by atoms with E-state index in [9.17, 15) is 10.5 Å². The van der Waals surface area contributed by atoms with Crippen molar-refractivity contribution in [3.63, 3.8) is 0 Å². The maximum atomic E-state index is 10.7. The number of aromatic nitrogens is 2. The highest BCUT2D eigenvalue weighted by Gasteiger charge is 2.24. The fraction of sp³-hybridized carbons (Fsp3) is 0.296. The predicted molar refractivity (Wildman–Crippen MR) is 245 cm³/mol. The molecule has 0 aliphatic rings. The molecule has 2 aromatic heterocycles. The smallest absolute Gasteiger partial charge is 0.0998 e. The van der Waals surface area contributed by atoms with Crippen LogP contribution in [0, 0.1) is 22.7 Å². The zero-order chi connectivity index (χ0) is 41.7. The van der Waals surface area contributed by atoms with Gasteiger partial charge in [-0.2, -0.15) is 10.5 Å². The standard InChI is InChI=1S/C54H54N4/c1-51(2,3)35-15-21-41-42-22-16-36(52(4,5)6)26-48(42)57(47(41)25-35)39-19-13-33(31-55)45(29-39)46-30-40(20-14-34(46)32-56)58-49-27-37(53(7,8)9)17-23-43(49)44-24-18-38(28-50(44)58)54(10,11)12/h13-30H,1-12H3. The van der Waals surface area contributed by atoms with Gasteiger partial charge in [0.1, 0.15) is 0 Å². The summed E-state index contributed by atoms with van der Waals surface area (Å²) < 4.78 is 4.70. The average Bonchev–Trinajstić information content (AvgIpc) is 3.67. The van der Waals surface area contributed by atoms with Gasteiger partial charge in [-0.3, -0.25) is 0 Å².